The Bertz CT molecular complexity index is 739. The van der Waals surface area contributed by atoms with Gasteiger partial charge in [-0.05, 0) is 37.8 Å². The molecule has 2 aromatic heterocycles. The maximum atomic E-state index is 12.4. The number of rotatable bonds is 6. The molecule has 2 aliphatic rings. The minimum absolute atomic E-state index is 0.181. The van der Waals surface area contributed by atoms with E-state index in [1.165, 1.54) is 11.8 Å². The van der Waals surface area contributed by atoms with Crippen molar-refractivity contribution < 1.29 is 9.53 Å². The molecular weight excluding hydrogens is 350 g/mol. The lowest BCUT2D eigenvalue weighted by Gasteiger charge is -2.16. The molecule has 0 unspecified atom stereocenters. The van der Waals surface area contributed by atoms with Gasteiger partial charge in [-0.25, -0.2) is 0 Å². The number of aromatic nitrogens is 4. The summed E-state index contributed by atoms with van der Waals surface area (Å²) in [7, 11) is 0. The highest BCUT2D eigenvalue weighted by Crippen LogP contribution is 2.26. The molecule has 7 nitrogen and oxygen atoms in total. The predicted molar refractivity (Wildman–Crippen MR) is 98.8 cm³/mol. The van der Waals surface area contributed by atoms with Crippen molar-refractivity contribution in [3.05, 3.63) is 24.5 Å². The summed E-state index contributed by atoms with van der Waals surface area (Å²) in [6.45, 7) is 3.28. The third-order valence-corrected chi connectivity index (χ3v) is 5.80. The molecule has 2 fully saturated rings. The van der Waals surface area contributed by atoms with Crippen molar-refractivity contribution in [1.82, 2.24) is 24.6 Å². The molecule has 0 bridgehead atoms. The van der Waals surface area contributed by atoms with E-state index in [0.29, 0.717) is 12.3 Å². The average molecular weight is 373 g/mol. The maximum absolute atomic E-state index is 12.4. The lowest BCUT2D eigenvalue weighted by Crippen LogP contribution is -2.29. The van der Waals surface area contributed by atoms with Crippen LogP contribution in [-0.2, 0) is 16.1 Å². The van der Waals surface area contributed by atoms with Crippen molar-refractivity contribution in [3.63, 3.8) is 0 Å². The molecule has 0 aromatic carbocycles. The van der Waals surface area contributed by atoms with Gasteiger partial charge in [-0.15, -0.1) is 10.2 Å². The Kier molecular flexibility index (Phi) is 5.50. The summed E-state index contributed by atoms with van der Waals surface area (Å²) in [6, 6.07) is 3.86. The quantitative estimate of drug-likeness (QED) is 0.723. The van der Waals surface area contributed by atoms with Crippen molar-refractivity contribution >= 4 is 17.7 Å². The number of thioether (sulfide) groups is 1. The summed E-state index contributed by atoms with van der Waals surface area (Å²) in [4.78, 5) is 18.4. The summed E-state index contributed by atoms with van der Waals surface area (Å²) in [5.41, 5.74) is 0.975. The van der Waals surface area contributed by atoms with Crippen LogP contribution in [0.1, 0.15) is 25.7 Å². The number of ether oxygens (including phenoxy) is 1. The highest BCUT2D eigenvalue weighted by Gasteiger charge is 2.23. The topological polar surface area (TPSA) is 73.1 Å². The SMILES string of the molecule is O=C(CSc1nnc(-c2ccncc2)n1C[C@@H]1CCCO1)N1CCCC1. The molecule has 2 saturated heterocycles. The van der Waals surface area contributed by atoms with E-state index in [0.717, 1.165) is 61.9 Å². The molecule has 26 heavy (non-hydrogen) atoms. The standard InChI is InChI=1S/C18H23N5O2S/c24-16(22-9-1-2-10-22)13-26-18-21-20-17(14-5-7-19-8-6-14)23(18)12-15-4-3-11-25-15/h5-8,15H,1-4,9-13H2/t15-/m0/s1. The predicted octanol–water partition coefficient (Wildman–Crippen LogP) is 2.23. The smallest absolute Gasteiger partial charge is 0.233 e. The number of carbonyl (C=O) groups is 1. The molecule has 4 heterocycles. The Labute approximate surface area is 157 Å². The van der Waals surface area contributed by atoms with Gasteiger partial charge < -0.3 is 9.64 Å². The zero-order valence-electron chi connectivity index (χ0n) is 14.7. The Morgan fingerprint density at radius 1 is 1.19 bits per heavy atom. The highest BCUT2D eigenvalue weighted by molar-refractivity contribution is 7.99. The van der Waals surface area contributed by atoms with Crippen LogP contribution in [0, 0.1) is 0 Å². The van der Waals surface area contributed by atoms with Crippen molar-refractivity contribution in [2.75, 3.05) is 25.4 Å². The summed E-state index contributed by atoms with van der Waals surface area (Å²) in [5, 5.41) is 9.53. The Balaban J connectivity index is 1.53. The number of hydrogen-bond donors (Lipinski definition) is 0. The lowest BCUT2D eigenvalue weighted by molar-refractivity contribution is -0.127. The summed E-state index contributed by atoms with van der Waals surface area (Å²) in [5.74, 6) is 1.39. The average Bonchev–Trinajstić information content (AvgIpc) is 3.43. The third-order valence-electron chi connectivity index (χ3n) is 4.85. The first-order valence-corrected chi connectivity index (χ1v) is 10.2. The number of hydrogen-bond acceptors (Lipinski definition) is 6. The second-order valence-electron chi connectivity index (χ2n) is 6.66. The van der Waals surface area contributed by atoms with Crippen LogP contribution >= 0.6 is 11.8 Å². The normalized spacial score (nSPS) is 20.0. The molecule has 138 valence electrons. The molecule has 1 amide bonds. The fourth-order valence-corrected chi connectivity index (χ4v) is 4.30. The molecule has 4 rings (SSSR count). The van der Waals surface area contributed by atoms with E-state index < -0.39 is 0 Å². The summed E-state index contributed by atoms with van der Waals surface area (Å²) < 4.78 is 7.90. The van der Waals surface area contributed by atoms with Crippen LogP contribution in [0.5, 0.6) is 0 Å². The molecule has 0 N–H and O–H groups in total. The van der Waals surface area contributed by atoms with E-state index in [2.05, 4.69) is 19.7 Å². The van der Waals surface area contributed by atoms with Crippen molar-refractivity contribution in [2.24, 2.45) is 0 Å². The van der Waals surface area contributed by atoms with E-state index in [1.807, 2.05) is 17.0 Å². The maximum Gasteiger partial charge on any atom is 0.233 e. The highest BCUT2D eigenvalue weighted by atomic mass is 32.2. The van der Waals surface area contributed by atoms with E-state index in [9.17, 15) is 4.79 Å². The number of nitrogens with zero attached hydrogens (tertiary/aromatic N) is 5. The molecule has 2 aliphatic heterocycles. The van der Waals surface area contributed by atoms with E-state index in [4.69, 9.17) is 4.74 Å². The van der Waals surface area contributed by atoms with Crippen LogP contribution in [0.25, 0.3) is 11.4 Å². The van der Waals surface area contributed by atoms with E-state index >= 15 is 0 Å². The first kappa shape index (κ1) is 17.5. The largest absolute Gasteiger partial charge is 0.376 e. The van der Waals surface area contributed by atoms with E-state index in [-0.39, 0.29) is 12.0 Å². The van der Waals surface area contributed by atoms with Crippen LogP contribution < -0.4 is 0 Å². The minimum Gasteiger partial charge on any atom is -0.376 e. The number of amides is 1. The van der Waals surface area contributed by atoms with Crippen molar-refractivity contribution in [1.29, 1.82) is 0 Å². The van der Waals surface area contributed by atoms with Gasteiger partial charge in [0.2, 0.25) is 5.91 Å². The zero-order valence-corrected chi connectivity index (χ0v) is 15.5. The van der Waals surface area contributed by atoms with Crippen LogP contribution in [0.15, 0.2) is 29.7 Å². The fourth-order valence-electron chi connectivity index (χ4n) is 3.45. The van der Waals surface area contributed by atoms with Crippen LogP contribution in [-0.4, -0.2) is 62.1 Å². The zero-order chi connectivity index (χ0) is 17.8. The summed E-state index contributed by atoms with van der Waals surface area (Å²) in [6.07, 6.45) is 8.04. The van der Waals surface area contributed by atoms with Gasteiger partial charge in [-0.2, -0.15) is 0 Å². The van der Waals surface area contributed by atoms with Crippen LogP contribution in [0.3, 0.4) is 0 Å². The molecule has 0 saturated carbocycles. The van der Waals surface area contributed by atoms with Crippen molar-refractivity contribution in [3.8, 4) is 11.4 Å². The Hall–Kier alpha value is -1.93. The van der Waals surface area contributed by atoms with Crippen molar-refractivity contribution in [2.45, 2.75) is 43.5 Å². The number of carbonyl (C=O) groups excluding carboxylic acids is 1. The molecule has 0 spiro atoms. The number of likely N-dealkylation sites (tertiary alicyclic amines) is 1. The van der Waals surface area contributed by atoms with E-state index in [1.54, 1.807) is 12.4 Å². The molecule has 2 aromatic rings. The molecule has 0 radical (unpaired) electrons. The van der Waals surface area contributed by atoms with Gasteiger partial charge >= 0.3 is 0 Å². The van der Waals surface area contributed by atoms with Crippen LogP contribution in [0.4, 0.5) is 0 Å². The first-order valence-electron chi connectivity index (χ1n) is 9.17. The number of pyridine rings is 1. The van der Waals surface area contributed by atoms with Gasteiger partial charge in [0.1, 0.15) is 0 Å². The van der Waals surface area contributed by atoms with Gasteiger partial charge in [0.15, 0.2) is 11.0 Å². The first-order chi connectivity index (χ1) is 12.8. The second kappa shape index (κ2) is 8.18. The molecule has 1 atom stereocenters. The second-order valence-corrected chi connectivity index (χ2v) is 7.61. The van der Waals surface area contributed by atoms with Crippen LogP contribution in [0.2, 0.25) is 0 Å². The van der Waals surface area contributed by atoms with Gasteiger partial charge in [-0.3, -0.25) is 14.3 Å². The molecule has 8 heteroatoms. The Morgan fingerprint density at radius 3 is 2.73 bits per heavy atom. The monoisotopic (exact) mass is 373 g/mol. The lowest BCUT2D eigenvalue weighted by atomic mass is 10.2. The Morgan fingerprint density at radius 2 is 2.00 bits per heavy atom. The molecular formula is C18H23N5O2S. The molecule has 0 aliphatic carbocycles. The van der Waals surface area contributed by atoms with Gasteiger partial charge in [0.25, 0.3) is 0 Å². The summed E-state index contributed by atoms with van der Waals surface area (Å²) >= 11 is 1.47. The minimum atomic E-state index is 0.181. The van der Waals surface area contributed by atoms with Gasteiger partial charge in [0, 0.05) is 37.7 Å². The van der Waals surface area contributed by atoms with Gasteiger partial charge in [0.05, 0.1) is 18.4 Å². The van der Waals surface area contributed by atoms with Gasteiger partial charge in [-0.1, -0.05) is 11.8 Å². The fraction of sp³-hybridized carbons (Fsp3) is 0.556. The third kappa shape index (κ3) is 3.91.